The third-order valence-corrected chi connectivity index (χ3v) is 4.46. The summed E-state index contributed by atoms with van der Waals surface area (Å²) in [6.07, 6.45) is 4.55. The molecule has 0 radical (unpaired) electrons. The van der Waals surface area contributed by atoms with Crippen molar-refractivity contribution < 1.29 is 4.74 Å². The number of hydrogen-bond acceptors (Lipinski definition) is 6. The fourth-order valence-corrected chi connectivity index (χ4v) is 3.01. The Kier molecular flexibility index (Phi) is 6.81. The lowest BCUT2D eigenvalue weighted by Crippen LogP contribution is -2.47. The Morgan fingerprint density at radius 3 is 2.70 bits per heavy atom. The average Bonchev–Trinajstić information content (AvgIpc) is 2.72. The van der Waals surface area contributed by atoms with Gasteiger partial charge in [0.25, 0.3) is 0 Å². The van der Waals surface area contributed by atoms with Crippen LogP contribution in [0.15, 0.2) is 47.7 Å². The zero-order chi connectivity index (χ0) is 18.9. The predicted molar refractivity (Wildman–Crippen MR) is 108 cm³/mol. The van der Waals surface area contributed by atoms with Crippen molar-refractivity contribution in [2.45, 2.75) is 6.42 Å². The van der Waals surface area contributed by atoms with Crippen LogP contribution in [0.1, 0.15) is 6.42 Å². The Bertz CT molecular complexity index is 730. The molecule has 0 unspecified atom stereocenters. The summed E-state index contributed by atoms with van der Waals surface area (Å²) in [4.78, 5) is 17.7. The van der Waals surface area contributed by atoms with E-state index in [2.05, 4.69) is 30.1 Å². The highest BCUT2D eigenvalue weighted by Crippen LogP contribution is 2.16. The van der Waals surface area contributed by atoms with E-state index in [1.807, 2.05) is 30.3 Å². The van der Waals surface area contributed by atoms with E-state index in [0.717, 1.165) is 56.5 Å². The SMILES string of the molecule is COc1cccc(NC(N)=NCCCN2CCN(c3ncccn3)CC2)c1. The molecule has 0 atom stereocenters. The van der Waals surface area contributed by atoms with Crippen LogP contribution in [0.25, 0.3) is 0 Å². The maximum Gasteiger partial charge on any atom is 0.225 e. The first-order valence-electron chi connectivity index (χ1n) is 9.20. The van der Waals surface area contributed by atoms with Gasteiger partial charge in [0, 0.05) is 63.4 Å². The van der Waals surface area contributed by atoms with Crippen molar-refractivity contribution in [3.8, 4) is 5.75 Å². The zero-order valence-corrected chi connectivity index (χ0v) is 15.7. The molecular weight excluding hydrogens is 342 g/mol. The van der Waals surface area contributed by atoms with Gasteiger partial charge in [-0.1, -0.05) is 6.07 Å². The molecule has 8 nitrogen and oxygen atoms in total. The van der Waals surface area contributed by atoms with Crippen molar-refractivity contribution in [1.82, 2.24) is 14.9 Å². The molecule has 3 rings (SSSR count). The van der Waals surface area contributed by atoms with Crippen LogP contribution in [0.4, 0.5) is 11.6 Å². The van der Waals surface area contributed by atoms with Gasteiger partial charge in [-0.3, -0.25) is 9.89 Å². The number of methoxy groups -OCH3 is 1. The smallest absolute Gasteiger partial charge is 0.225 e. The molecule has 1 aromatic heterocycles. The van der Waals surface area contributed by atoms with Gasteiger partial charge in [0.15, 0.2) is 5.96 Å². The Morgan fingerprint density at radius 2 is 1.96 bits per heavy atom. The molecule has 2 heterocycles. The van der Waals surface area contributed by atoms with E-state index < -0.39 is 0 Å². The second kappa shape index (κ2) is 9.72. The van der Waals surface area contributed by atoms with Crippen molar-refractivity contribution in [1.29, 1.82) is 0 Å². The first kappa shape index (κ1) is 18.9. The van der Waals surface area contributed by atoms with Crippen molar-refractivity contribution in [3.05, 3.63) is 42.7 Å². The summed E-state index contributed by atoms with van der Waals surface area (Å²) in [5.41, 5.74) is 6.83. The van der Waals surface area contributed by atoms with Crippen LogP contribution in [0.3, 0.4) is 0 Å². The molecule has 1 aliphatic heterocycles. The number of nitrogens with one attached hydrogen (secondary N) is 1. The minimum absolute atomic E-state index is 0.425. The molecule has 1 aromatic carbocycles. The van der Waals surface area contributed by atoms with E-state index in [0.29, 0.717) is 12.5 Å². The molecule has 1 saturated heterocycles. The van der Waals surface area contributed by atoms with Gasteiger partial charge in [-0.15, -0.1) is 0 Å². The lowest BCUT2D eigenvalue weighted by Gasteiger charge is -2.34. The Labute approximate surface area is 160 Å². The minimum atomic E-state index is 0.425. The van der Waals surface area contributed by atoms with Gasteiger partial charge < -0.3 is 20.7 Å². The molecule has 2 aromatic rings. The fraction of sp³-hybridized carbons (Fsp3) is 0.421. The quantitative estimate of drug-likeness (QED) is 0.433. The van der Waals surface area contributed by atoms with Crippen LogP contribution >= 0.6 is 0 Å². The second-order valence-corrected chi connectivity index (χ2v) is 6.35. The van der Waals surface area contributed by atoms with Crippen LogP contribution < -0.4 is 20.7 Å². The first-order valence-corrected chi connectivity index (χ1v) is 9.20. The number of aliphatic imine (C=N–C) groups is 1. The molecule has 1 aliphatic rings. The van der Waals surface area contributed by atoms with Gasteiger partial charge in [0.1, 0.15) is 5.75 Å². The summed E-state index contributed by atoms with van der Waals surface area (Å²) in [7, 11) is 1.64. The summed E-state index contributed by atoms with van der Waals surface area (Å²) >= 11 is 0. The number of benzene rings is 1. The number of hydrogen-bond donors (Lipinski definition) is 2. The summed E-state index contributed by atoms with van der Waals surface area (Å²) < 4.78 is 5.20. The number of rotatable bonds is 7. The molecule has 27 heavy (non-hydrogen) atoms. The molecule has 0 amide bonds. The van der Waals surface area contributed by atoms with Crippen LogP contribution in [0.2, 0.25) is 0 Å². The third-order valence-electron chi connectivity index (χ3n) is 4.46. The minimum Gasteiger partial charge on any atom is -0.497 e. The fourth-order valence-electron chi connectivity index (χ4n) is 3.01. The predicted octanol–water partition coefficient (Wildman–Crippen LogP) is 1.42. The monoisotopic (exact) mass is 369 g/mol. The number of nitrogens with zero attached hydrogens (tertiary/aromatic N) is 5. The lowest BCUT2D eigenvalue weighted by molar-refractivity contribution is 0.255. The number of aromatic nitrogens is 2. The van der Waals surface area contributed by atoms with Crippen LogP contribution in [0, 0.1) is 0 Å². The zero-order valence-electron chi connectivity index (χ0n) is 15.7. The molecule has 0 bridgehead atoms. The molecule has 1 fully saturated rings. The van der Waals surface area contributed by atoms with Gasteiger partial charge in [-0.05, 0) is 24.6 Å². The summed E-state index contributed by atoms with van der Waals surface area (Å²) in [6.45, 7) is 5.64. The van der Waals surface area contributed by atoms with E-state index in [1.54, 1.807) is 19.5 Å². The average molecular weight is 369 g/mol. The topological polar surface area (TPSA) is 91.9 Å². The van der Waals surface area contributed by atoms with Gasteiger partial charge in [-0.25, -0.2) is 9.97 Å². The maximum absolute atomic E-state index is 5.96. The van der Waals surface area contributed by atoms with Crippen molar-refractivity contribution in [3.63, 3.8) is 0 Å². The normalized spacial score (nSPS) is 15.6. The van der Waals surface area contributed by atoms with E-state index >= 15 is 0 Å². The number of anilines is 2. The molecule has 3 N–H and O–H groups in total. The third kappa shape index (κ3) is 5.82. The van der Waals surface area contributed by atoms with Crippen LogP contribution in [-0.2, 0) is 0 Å². The molecular formula is C19H27N7O. The van der Waals surface area contributed by atoms with E-state index in [1.165, 1.54) is 0 Å². The summed E-state index contributed by atoms with van der Waals surface area (Å²) in [5, 5.41) is 3.09. The van der Waals surface area contributed by atoms with Crippen molar-refractivity contribution >= 4 is 17.6 Å². The van der Waals surface area contributed by atoms with Crippen LogP contribution in [-0.4, -0.2) is 67.2 Å². The maximum atomic E-state index is 5.96. The molecule has 0 spiro atoms. The highest BCUT2D eigenvalue weighted by molar-refractivity contribution is 5.92. The van der Waals surface area contributed by atoms with E-state index in [4.69, 9.17) is 10.5 Å². The molecule has 8 heteroatoms. The van der Waals surface area contributed by atoms with Gasteiger partial charge in [-0.2, -0.15) is 0 Å². The second-order valence-electron chi connectivity index (χ2n) is 6.35. The van der Waals surface area contributed by atoms with E-state index in [9.17, 15) is 0 Å². The number of guanidine groups is 1. The Morgan fingerprint density at radius 1 is 1.19 bits per heavy atom. The number of ether oxygens (including phenoxy) is 1. The largest absolute Gasteiger partial charge is 0.497 e. The highest BCUT2D eigenvalue weighted by Gasteiger charge is 2.17. The van der Waals surface area contributed by atoms with Crippen molar-refractivity contribution in [2.24, 2.45) is 10.7 Å². The van der Waals surface area contributed by atoms with Crippen molar-refractivity contribution in [2.75, 3.05) is 56.6 Å². The van der Waals surface area contributed by atoms with Crippen LogP contribution in [0.5, 0.6) is 5.75 Å². The highest BCUT2D eigenvalue weighted by atomic mass is 16.5. The lowest BCUT2D eigenvalue weighted by atomic mass is 10.3. The van der Waals surface area contributed by atoms with E-state index in [-0.39, 0.29) is 0 Å². The molecule has 0 aliphatic carbocycles. The van der Waals surface area contributed by atoms with Gasteiger partial charge in [0.2, 0.25) is 5.95 Å². The Balaban J connectivity index is 1.36. The van der Waals surface area contributed by atoms with Gasteiger partial charge >= 0.3 is 0 Å². The summed E-state index contributed by atoms with van der Waals surface area (Å²) in [5.74, 6) is 2.03. The number of nitrogens with two attached hydrogens (primary N) is 1. The van der Waals surface area contributed by atoms with Gasteiger partial charge in [0.05, 0.1) is 7.11 Å². The molecule has 0 saturated carbocycles. The standard InChI is InChI=1S/C19H27N7O/c1-27-17-6-2-5-16(15-17)24-18(20)21-9-4-10-25-11-13-26(14-12-25)19-22-7-3-8-23-19/h2-3,5-8,15H,4,9-14H2,1H3,(H3,20,21,24). The summed E-state index contributed by atoms with van der Waals surface area (Å²) in [6, 6.07) is 9.46. The molecule has 144 valence electrons. The number of piperazine rings is 1. The first-order chi connectivity index (χ1) is 13.2. The Hall–Kier alpha value is -2.87.